The number of rotatable bonds is 8. The zero-order valence-corrected chi connectivity index (χ0v) is 18.2. The Hall–Kier alpha value is -2.25. The predicted octanol–water partition coefficient (Wildman–Crippen LogP) is 4.26. The van der Waals surface area contributed by atoms with Crippen molar-refractivity contribution in [2.45, 2.75) is 20.0 Å². The summed E-state index contributed by atoms with van der Waals surface area (Å²) >= 11 is 12.5. The molecule has 154 valence electrons. The van der Waals surface area contributed by atoms with Crippen LogP contribution >= 0.6 is 23.2 Å². The van der Waals surface area contributed by atoms with Gasteiger partial charge in [-0.1, -0.05) is 35.8 Å². The van der Waals surface area contributed by atoms with Crippen LogP contribution in [0, 0.1) is 6.92 Å². The van der Waals surface area contributed by atoms with E-state index in [1.807, 2.05) is 18.9 Å². The van der Waals surface area contributed by atoms with Gasteiger partial charge in [0.2, 0.25) is 5.90 Å². The quantitative estimate of drug-likeness (QED) is 0.381. The third-order valence-electron chi connectivity index (χ3n) is 4.44. The van der Waals surface area contributed by atoms with Gasteiger partial charge in [-0.05, 0) is 31.7 Å². The van der Waals surface area contributed by atoms with Crippen LogP contribution in [0.1, 0.15) is 27.3 Å². The van der Waals surface area contributed by atoms with E-state index in [1.165, 1.54) is 6.20 Å². The molecular weight excluding hydrogens is 411 g/mol. The van der Waals surface area contributed by atoms with E-state index in [0.717, 1.165) is 17.5 Å². The summed E-state index contributed by atoms with van der Waals surface area (Å²) in [4.78, 5) is 22.8. The van der Waals surface area contributed by atoms with Crippen LogP contribution in [0.4, 0.5) is 0 Å². The first kappa shape index (κ1) is 23.0. The Bertz CT molecular complexity index is 945. The number of nitrogens with two attached hydrogens (primary N) is 1. The standard InChI is InChI=1S/C21H24Cl2N4O2/c1-5-25-20(29-4)11-27(3)10-19-17(12-28)21(16(9-24)13(2)26-19)15-7-6-14(22)8-18(15)23/h5-8,12H,1,9-11,24H2,2-4H3. The van der Waals surface area contributed by atoms with Crippen LogP contribution in [0.15, 0.2) is 36.0 Å². The Morgan fingerprint density at radius 2 is 2.14 bits per heavy atom. The van der Waals surface area contributed by atoms with Gasteiger partial charge in [-0.15, -0.1) is 0 Å². The fraction of sp³-hybridized carbons (Fsp3) is 0.286. The molecule has 1 aromatic heterocycles. The number of hydrogen-bond donors (Lipinski definition) is 1. The smallest absolute Gasteiger partial charge is 0.202 e. The fourth-order valence-electron chi connectivity index (χ4n) is 3.12. The van der Waals surface area contributed by atoms with Crippen molar-refractivity contribution in [1.29, 1.82) is 0 Å². The first-order valence-corrected chi connectivity index (χ1v) is 9.64. The third-order valence-corrected chi connectivity index (χ3v) is 4.99. The van der Waals surface area contributed by atoms with Crippen molar-refractivity contribution in [3.8, 4) is 11.1 Å². The molecule has 1 heterocycles. The van der Waals surface area contributed by atoms with Crippen molar-refractivity contribution < 1.29 is 9.53 Å². The van der Waals surface area contributed by atoms with Crippen LogP contribution in [0.3, 0.4) is 0 Å². The number of carbonyl (C=O) groups excluding carboxylic acids is 1. The summed E-state index contributed by atoms with van der Waals surface area (Å²) in [6.45, 7) is 6.50. The summed E-state index contributed by atoms with van der Waals surface area (Å²) in [6.07, 6.45) is 2.21. The lowest BCUT2D eigenvalue weighted by Gasteiger charge is -2.21. The van der Waals surface area contributed by atoms with Gasteiger partial charge in [0.1, 0.15) is 0 Å². The molecule has 6 nitrogen and oxygen atoms in total. The first-order valence-electron chi connectivity index (χ1n) is 8.89. The van der Waals surface area contributed by atoms with Gasteiger partial charge in [0.15, 0.2) is 6.29 Å². The molecule has 0 radical (unpaired) electrons. The molecule has 0 fully saturated rings. The van der Waals surface area contributed by atoms with Crippen molar-refractivity contribution in [2.75, 3.05) is 20.7 Å². The predicted molar refractivity (Wildman–Crippen MR) is 119 cm³/mol. The summed E-state index contributed by atoms with van der Waals surface area (Å²) in [6, 6.07) is 5.17. The Labute approximate surface area is 181 Å². The number of ether oxygens (including phenoxy) is 1. The van der Waals surface area contributed by atoms with Crippen LogP contribution in [0.2, 0.25) is 10.0 Å². The highest BCUT2D eigenvalue weighted by Crippen LogP contribution is 2.36. The fourth-order valence-corrected chi connectivity index (χ4v) is 3.62. The van der Waals surface area contributed by atoms with Gasteiger partial charge in [-0.25, -0.2) is 4.99 Å². The summed E-state index contributed by atoms with van der Waals surface area (Å²) in [5.74, 6) is 0.506. The van der Waals surface area contributed by atoms with E-state index in [2.05, 4.69) is 16.6 Å². The molecule has 0 aliphatic carbocycles. The molecule has 2 rings (SSSR count). The molecule has 8 heteroatoms. The van der Waals surface area contributed by atoms with Crippen molar-refractivity contribution in [2.24, 2.45) is 10.7 Å². The number of aryl methyl sites for hydroxylation is 1. The number of benzene rings is 1. The minimum atomic E-state index is 0.226. The average Bonchev–Trinajstić information content (AvgIpc) is 2.67. The van der Waals surface area contributed by atoms with E-state index >= 15 is 0 Å². The molecule has 0 bridgehead atoms. The van der Waals surface area contributed by atoms with Gasteiger partial charge in [-0.2, -0.15) is 0 Å². The van der Waals surface area contributed by atoms with E-state index in [0.29, 0.717) is 51.4 Å². The normalized spacial score (nSPS) is 11.6. The number of aldehydes is 1. The molecule has 0 atom stereocenters. The van der Waals surface area contributed by atoms with Crippen LogP contribution in [-0.2, 0) is 17.8 Å². The van der Waals surface area contributed by atoms with Crippen LogP contribution < -0.4 is 5.73 Å². The number of methoxy groups -OCH3 is 1. The molecule has 0 aliphatic heterocycles. The minimum absolute atomic E-state index is 0.226. The largest absolute Gasteiger partial charge is 0.483 e. The Morgan fingerprint density at radius 3 is 2.69 bits per heavy atom. The SMILES string of the molecule is C=CN=C(CN(C)Cc1nc(C)c(CN)c(-c2ccc(Cl)cc2Cl)c1C=O)OC. The Kier molecular flexibility index (Phi) is 8.34. The van der Waals surface area contributed by atoms with Crippen molar-refractivity contribution in [3.05, 3.63) is 63.5 Å². The average molecular weight is 435 g/mol. The van der Waals surface area contributed by atoms with E-state index in [4.69, 9.17) is 33.7 Å². The third kappa shape index (κ3) is 5.42. The van der Waals surface area contributed by atoms with Crippen molar-refractivity contribution in [1.82, 2.24) is 9.88 Å². The number of nitrogens with zero attached hydrogens (tertiary/aromatic N) is 3. The molecule has 0 saturated carbocycles. The number of aliphatic imine (C=N–C) groups is 1. The van der Waals surface area contributed by atoms with Crippen molar-refractivity contribution in [3.63, 3.8) is 0 Å². The molecule has 0 unspecified atom stereocenters. The molecule has 29 heavy (non-hydrogen) atoms. The number of likely N-dealkylation sites (N-methyl/N-ethyl adjacent to an activating group) is 1. The second-order valence-corrected chi connectivity index (χ2v) is 7.28. The Balaban J connectivity index is 2.58. The molecule has 0 amide bonds. The lowest BCUT2D eigenvalue weighted by atomic mass is 9.92. The minimum Gasteiger partial charge on any atom is -0.483 e. The topological polar surface area (TPSA) is 80.8 Å². The van der Waals surface area contributed by atoms with Gasteiger partial charge in [0.05, 0.1) is 19.3 Å². The summed E-state index contributed by atoms with van der Waals surface area (Å²) in [5.41, 5.74) is 9.95. The second-order valence-electron chi connectivity index (χ2n) is 6.44. The van der Waals surface area contributed by atoms with Crippen LogP contribution in [0.25, 0.3) is 11.1 Å². The monoisotopic (exact) mass is 434 g/mol. The highest BCUT2D eigenvalue weighted by molar-refractivity contribution is 6.36. The highest BCUT2D eigenvalue weighted by Gasteiger charge is 2.21. The zero-order chi connectivity index (χ0) is 21.6. The molecule has 0 aliphatic rings. The van der Waals surface area contributed by atoms with Crippen molar-refractivity contribution >= 4 is 35.4 Å². The summed E-state index contributed by atoms with van der Waals surface area (Å²) in [7, 11) is 3.43. The molecule has 1 aromatic carbocycles. The number of aromatic nitrogens is 1. The maximum atomic E-state index is 12.1. The van der Waals surface area contributed by atoms with Gasteiger partial charge in [-0.3, -0.25) is 14.7 Å². The number of carbonyl (C=O) groups is 1. The zero-order valence-electron chi connectivity index (χ0n) is 16.7. The summed E-state index contributed by atoms with van der Waals surface area (Å²) < 4.78 is 5.24. The molecule has 2 aromatic rings. The molecular formula is C21H24Cl2N4O2. The van der Waals surface area contributed by atoms with Gasteiger partial charge in [0.25, 0.3) is 0 Å². The van der Waals surface area contributed by atoms with Crippen LogP contribution in [-0.4, -0.2) is 42.8 Å². The molecule has 0 saturated heterocycles. The van der Waals surface area contributed by atoms with Gasteiger partial charge < -0.3 is 10.5 Å². The Morgan fingerprint density at radius 1 is 1.41 bits per heavy atom. The maximum Gasteiger partial charge on any atom is 0.202 e. The number of hydrogen-bond acceptors (Lipinski definition) is 6. The van der Waals surface area contributed by atoms with E-state index < -0.39 is 0 Å². The van der Waals surface area contributed by atoms with E-state index in [9.17, 15) is 4.79 Å². The second kappa shape index (κ2) is 10.5. The number of halogens is 2. The number of pyridine rings is 1. The highest BCUT2D eigenvalue weighted by atomic mass is 35.5. The molecule has 0 spiro atoms. The lowest BCUT2D eigenvalue weighted by molar-refractivity contribution is 0.112. The van der Waals surface area contributed by atoms with Gasteiger partial charge >= 0.3 is 0 Å². The van der Waals surface area contributed by atoms with Gasteiger partial charge in [0, 0.05) is 51.7 Å². The maximum absolute atomic E-state index is 12.1. The van der Waals surface area contributed by atoms with E-state index in [-0.39, 0.29) is 6.54 Å². The first-order chi connectivity index (χ1) is 13.9. The summed E-state index contributed by atoms with van der Waals surface area (Å²) in [5, 5.41) is 0.958. The van der Waals surface area contributed by atoms with Crippen LogP contribution in [0.5, 0.6) is 0 Å². The van der Waals surface area contributed by atoms with E-state index in [1.54, 1.807) is 25.3 Å². The lowest BCUT2D eigenvalue weighted by Crippen LogP contribution is -2.28. The molecule has 2 N–H and O–H groups in total.